The number of ketones is 1. The summed E-state index contributed by atoms with van der Waals surface area (Å²) in [6.07, 6.45) is 0. The highest BCUT2D eigenvalue weighted by Crippen LogP contribution is 2.18. The molecule has 0 bridgehead atoms. The fourth-order valence-corrected chi connectivity index (χ4v) is 1.59. The first-order valence-corrected chi connectivity index (χ1v) is 5.36. The van der Waals surface area contributed by atoms with Crippen molar-refractivity contribution in [1.82, 2.24) is 0 Å². The summed E-state index contributed by atoms with van der Waals surface area (Å²) in [4.78, 5) is 11.8. The van der Waals surface area contributed by atoms with Gasteiger partial charge in [-0.1, -0.05) is 28.9 Å². The largest absolute Gasteiger partial charge is 0.330 e. The summed E-state index contributed by atoms with van der Waals surface area (Å²) in [6, 6.07) is 5.71. The van der Waals surface area contributed by atoms with Crippen molar-refractivity contribution in [3.05, 3.63) is 33.8 Å². The standard InChI is InChI=1S/C11H14BrNO/c1-7-3-4-9(12)5-10(7)11(14)8(2)6-13/h3-5,8H,6,13H2,1-2H3. The Hall–Kier alpha value is -0.670. The van der Waals surface area contributed by atoms with Crippen LogP contribution in [0.4, 0.5) is 0 Å². The number of hydrogen-bond acceptors (Lipinski definition) is 2. The molecule has 1 unspecified atom stereocenters. The van der Waals surface area contributed by atoms with Gasteiger partial charge in [-0.05, 0) is 24.6 Å². The molecule has 14 heavy (non-hydrogen) atoms. The Morgan fingerprint density at radius 1 is 1.57 bits per heavy atom. The van der Waals surface area contributed by atoms with E-state index in [1.807, 2.05) is 32.0 Å². The number of rotatable bonds is 3. The van der Waals surface area contributed by atoms with Gasteiger partial charge in [0.25, 0.3) is 0 Å². The van der Waals surface area contributed by atoms with Crippen molar-refractivity contribution in [2.24, 2.45) is 11.7 Å². The SMILES string of the molecule is Cc1ccc(Br)cc1C(=O)C(C)CN. The third-order valence-electron chi connectivity index (χ3n) is 2.27. The molecular formula is C11H14BrNO. The van der Waals surface area contributed by atoms with Gasteiger partial charge in [-0.25, -0.2) is 0 Å². The van der Waals surface area contributed by atoms with Crippen LogP contribution in [0.25, 0.3) is 0 Å². The summed E-state index contributed by atoms with van der Waals surface area (Å²) in [5.74, 6) is 0.00861. The first kappa shape index (κ1) is 11.4. The lowest BCUT2D eigenvalue weighted by atomic mass is 9.96. The van der Waals surface area contributed by atoms with Gasteiger partial charge < -0.3 is 5.73 Å². The molecule has 0 aliphatic heterocycles. The lowest BCUT2D eigenvalue weighted by Gasteiger charge is -2.10. The van der Waals surface area contributed by atoms with E-state index in [9.17, 15) is 4.79 Å². The summed E-state index contributed by atoms with van der Waals surface area (Å²) in [6.45, 7) is 4.18. The van der Waals surface area contributed by atoms with Crippen LogP contribution in [0.5, 0.6) is 0 Å². The zero-order valence-electron chi connectivity index (χ0n) is 8.38. The van der Waals surface area contributed by atoms with Crippen LogP contribution in [0.2, 0.25) is 0 Å². The highest BCUT2D eigenvalue weighted by molar-refractivity contribution is 9.10. The summed E-state index contributed by atoms with van der Waals surface area (Å²) >= 11 is 3.35. The second-order valence-electron chi connectivity index (χ2n) is 3.46. The Morgan fingerprint density at radius 3 is 2.79 bits per heavy atom. The molecule has 76 valence electrons. The Balaban J connectivity index is 3.06. The quantitative estimate of drug-likeness (QED) is 0.844. The van der Waals surface area contributed by atoms with E-state index in [1.165, 1.54) is 0 Å². The first-order valence-electron chi connectivity index (χ1n) is 4.56. The number of carbonyl (C=O) groups excluding carboxylic acids is 1. The molecule has 1 atom stereocenters. The minimum absolute atomic E-state index is 0.108. The molecule has 1 aromatic carbocycles. The highest BCUT2D eigenvalue weighted by atomic mass is 79.9. The van der Waals surface area contributed by atoms with E-state index in [1.54, 1.807) is 0 Å². The van der Waals surface area contributed by atoms with Crippen LogP contribution in [-0.4, -0.2) is 12.3 Å². The lowest BCUT2D eigenvalue weighted by molar-refractivity contribution is 0.0933. The van der Waals surface area contributed by atoms with Crippen LogP contribution in [0.1, 0.15) is 22.8 Å². The maximum absolute atomic E-state index is 11.8. The first-order chi connectivity index (χ1) is 6.56. The molecule has 0 saturated carbocycles. The molecule has 3 heteroatoms. The fourth-order valence-electron chi connectivity index (χ4n) is 1.23. The average molecular weight is 256 g/mol. The number of nitrogens with two attached hydrogens (primary N) is 1. The molecule has 0 spiro atoms. The molecular weight excluding hydrogens is 242 g/mol. The van der Waals surface area contributed by atoms with Crippen molar-refractivity contribution in [1.29, 1.82) is 0 Å². The van der Waals surface area contributed by atoms with Crippen LogP contribution in [0, 0.1) is 12.8 Å². The number of halogens is 1. The fraction of sp³-hybridized carbons (Fsp3) is 0.364. The summed E-state index contributed by atoms with van der Waals surface area (Å²) in [5, 5.41) is 0. The molecule has 0 radical (unpaired) electrons. The number of carbonyl (C=O) groups is 1. The van der Waals surface area contributed by atoms with Gasteiger partial charge in [0.15, 0.2) is 5.78 Å². The minimum Gasteiger partial charge on any atom is -0.330 e. The summed E-state index contributed by atoms with van der Waals surface area (Å²) < 4.78 is 0.927. The number of Topliss-reactive ketones (excluding diaryl/α,β-unsaturated/α-hetero) is 1. The average Bonchev–Trinajstić information content (AvgIpc) is 2.19. The second kappa shape index (κ2) is 4.71. The van der Waals surface area contributed by atoms with Gasteiger partial charge in [-0.2, -0.15) is 0 Å². The third-order valence-corrected chi connectivity index (χ3v) is 2.76. The molecule has 0 saturated heterocycles. The monoisotopic (exact) mass is 255 g/mol. The molecule has 1 rings (SSSR count). The Kier molecular flexibility index (Phi) is 3.84. The molecule has 0 aliphatic carbocycles. The van der Waals surface area contributed by atoms with E-state index in [0.29, 0.717) is 6.54 Å². The zero-order chi connectivity index (χ0) is 10.7. The Bertz CT molecular complexity index is 349. The van der Waals surface area contributed by atoms with Gasteiger partial charge >= 0.3 is 0 Å². The molecule has 0 amide bonds. The maximum Gasteiger partial charge on any atom is 0.167 e. The van der Waals surface area contributed by atoms with Crippen molar-refractivity contribution in [3.8, 4) is 0 Å². The summed E-state index contributed by atoms with van der Waals surface area (Å²) in [5.41, 5.74) is 7.23. The molecule has 2 nitrogen and oxygen atoms in total. The van der Waals surface area contributed by atoms with Crippen LogP contribution >= 0.6 is 15.9 Å². The van der Waals surface area contributed by atoms with Crippen molar-refractivity contribution < 1.29 is 4.79 Å². The summed E-state index contributed by atoms with van der Waals surface area (Å²) in [7, 11) is 0. The molecule has 2 N–H and O–H groups in total. The van der Waals surface area contributed by atoms with E-state index < -0.39 is 0 Å². The van der Waals surface area contributed by atoms with E-state index in [-0.39, 0.29) is 11.7 Å². The Labute approximate surface area is 92.6 Å². The van der Waals surface area contributed by atoms with Crippen LogP contribution in [-0.2, 0) is 0 Å². The van der Waals surface area contributed by atoms with Gasteiger partial charge in [0, 0.05) is 22.5 Å². The zero-order valence-corrected chi connectivity index (χ0v) is 9.97. The molecule has 0 aromatic heterocycles. The van der Waals surface area contributed by atoms with Crippen molar-refractivity contribution in [2.45, 2.75) is 13.8 Å². The van der Waals surface area contributed by atoms with Gasteiger partial charge in [0.2, 0.25) is 0 Å². The second-order valence-corrected chi connectivity index (χ2v) is 4.38. The smallest absolute Gasteiger partial charge is 0.167 e. The normalized spacial score (nSPS) is 12.6. The number of hydrogen-bond donors (Lipinski definition) is 1. The molecule has 1 aromatic rings. The van der Waals surface area contributed by atoms with Gasteiger partial charge in [-0.15, -0.1) is 0 Å². The van der Waals surface area contributed by atoms with Gasteiger partial charge in [0.1, 0.15) is 0 Å². The van der Waals surface area contributed by atoms with Crippen LogP contribution in [0.15, 0.2) is 22.7 Å². The predicted molar refractivity (Wildman–Crippen MR) is 61.4 cm³/mol. The minimum atomic E-state index is -0.108. The molecule has 0 fully saturated rings. The van der Waals surface area contributed by atoms with Crippen molar-refractivity contribution in [3.63, 3.8) is 0 Å². The maximum atomic E-state index is 11.8. The topological polar surface area (TPSA) is 43.1 Å². The Morgan fingerprint density at radius 2 is 2.21 bits per heavy atom. The number of benzene rings is 1. The van der Waals surface area contributed by atoms with Crippen LogP contribution in [0.3, 0.4) is 0 Å². The van der Waals surface area contributed by atoms with E-state index >= 15 is 0 Å². The van der Waals surface area contributed by atoms with Gasteiger partial charge in [0.05, 0.1) is 0 Å². The van der Waals surface area contributed by atoms with E-state index in [2.05, 4.69) is 15.9 Å². The highest BCUT2D eigenvalue weighted by Gasteiger charge is 2.15. The van der Waals surface area contributed by atoms with E-state index in [0.717, 1.165) is 15.6 Å². The lowest BCUT2D eigenvalue weighted by Crippen LogP contribution is -2.21. The van der Waals surface area contributed by atoms with Crippen LogP contribution < -0.4 is 5.73 Å². The molecule has 0 heterocycles. The number of aryl methyl sites for hydroxylation is 1. The van der Waals surface area contributed by atoms with Crippen molar-refractivity contribution >= 4 is 21.7 Å². The molecule has 0 aliphatic rings. The predicted octanol–water partition coefficient (Wildman–Crippen LogP) is 2.54. The van der Waals surface area contributed by atoms with E-state index in [4.69, 9.17) is 5.73 Å². The van der Waals surface area contributed by atoms with Gasteiger partial charge in [-0.3, -0.25) is 4.79 Å². The third kappa shape index (κ3) is 2.42. The van der Waals surface area contributed by atoms with Crippen molar-refractivity contribution in [2.75, 3.05) is 6.54 Å².